The highest BCUT2D eigenvalue weighted by molar-refractivity contribution is 5.03. The SMILES string of the molecule is C/C=C/CC#CCCCCCCCCOC1CCCCO1. The number of ether oxygens (including phenoxy) is 2. The van der Waals surface area contributed by atoms with E-state index in [9.17, 15) is 0 Å². The lowest BCUT2D eigenvalue weighted by molar-refractivity contribution is -0.162. The third-order valence-corrected chi connectivity index (χ3v) is 3.72. The van der Waals surface area contributed by atoms with Crippen LogP contribution in [-0.2, 0) is 9.47 Å². The second kappa shape index (κ2) is 14.2. The van der Waals surface area contributed by atoms with E-state index in [0.717, 1.165) is 32.5 Å². The monoisotopic (exact) mass is 292 g/mol. The largest absolute Gasteiger partial charge is 0.353 e. The molecule has 2 nitrogen and oxygen atoms in total. The molecule has 0 aromatic carbocycles. The Bertz CT molecular complexity index is 305. The molecule has 0 aromatic heterocycles. The molecule has 1 aliphatic rings. The molecule has 1 atom stereocenters. The fourth-order valence-electron chi connectivity index (χ4n) is 2.42. The van der Waals surface area contributed by atoms with Gasteiger partial charge in [0.05, 0.1) is 0 Å². The highest BCUT2D eigenvalue weighted by atomic mass is 16.7. The van der Waals surface area contributed by atoms with Crippen molar-refractivity contribution < 1.29 is 9.47 Å². The number of rotatable bonds is 10. The molecule has 1 heterocycles. The van der Waals surface area contributed by atoms with Crippen molar-refractivity contribution in [1.29, 1.82) is 0 Å². The number of hydrogen-bond acceptors (Lipinski definition) is 2. The molecule has 120 valence electrons. The van der Waals surface area contributed by atoms with E-state index in [1.54, 1.807) is 0 Å². The minimum atomic E-state index is 0.0832. The fourth-order valence-corrected chi connectivity index (χ4v) is 2.42. The molecule has 0 saturated carbocycles. The average Bonchev–Trinajstić information content (AvgIpc) is 2.53. The zero-order chi connectivity index (χ0) is 15.0. The van der Waals surface area contributed by atoms with Gasteiger partial charge in [0.25, 0.3) is 0 Å². The van der Waals surface area contributed by atoms with Crippen LogP contribution in [0.3, 0.4) is 0 Å². The normalized spacial score (nSPS) is 18.6. The van der Waals surface area contributed by atoms with Crippen LogP contribution in [0.25, 0.3) is 0 Å². The summed E-state index contributed by atoms with van der Waals surface area (Å²) < 4.78 is 11.3. The smallest absolute Gasteiger partial charge is 0.157 e. The molecular formula is C19H32O2. The summed E-state index contributed by atoms with van der Waals surface area (Å²) in [5.41, 5.74) is 0. The van der Waals surface area contributed by atoms with Gasteiger partial charge >= 0.3 is 0 Å². The summed E-state index contributed by atoms with van der Waals surface area (Å²) >= 11 is 0. The Labute approximate surface area is 131 Å². The quantitative estimate of drug-likeness (QED) is 0.312. The highest BCUT2D eigenvalue weighted by Crippen LogP contribution is 2.14. The molecule has 0 bridgehead atoms. The molecular weight excluding hydrogens is 260 g/mol. The van der Waals surface area contributed by atoms with Gasteiger partial charge in [0.2, 0.25) is 0 Å². The van der Waals surface area contributed by atoms with Crippen molar-refractivity contribution in [2.24, 2.45) is 0 Å². The van der Waals surface area contributed by atoms with Crippen LogP contribution < -0.4 is 0 Å². The van der Waals surface area contributed by atoms with Crippen molar-refractivity contribution in [1.82, 2.24) is 0 Å². The molecule has 0 radical (unpaired) electrons. The van der Waals surface area contributed by atoms with E-state index in [2.05, 4.69) is 24.0 Å². The van der Waals surface area contributed by atoms with Gasteiger partial charge in [0.15, 0.2) is 6.29 Å². The van der Waals surface area contributed by atoms with Gasteiger partial charge in [-0.15, -0.1) is 5.92 Å². The Hall–Kier alpha value is -0.780. The van der Waals surface area contributed by atoms with Crippen molar-refractivity contribution in [3.05, 3.63) is 12.2 Å². The first kappa shape index (κ1) is 18.3. The summed E-state index contributed by atoms with van der Waals surface area (Å²) in [5.74, 6) is 6.40. The first-order valence-electron chi connectivity index (χ1n) is 8.73. The van der Waals surface area contributed by atoms with Gasteiger partial charge in [-0.3, -0.25) is 0 Å². The van der Waals surface area contributed by atoms with Crippen LogP contribution in [0, 0.1) is 11.8 Å². The molecule has 0 aromatic rings. The summed E-state index contributed by atoms with van der Waals surface area (Å²) in [4.78, 5) is 0. The summed E-state index contributed by atoms with van der Waals surface area (Å²) in [6, 6.07) is 0. The van der Waals surface area contributed by atoms with Gasteiger partial charge in [-0.25, -0.2) is 0 Å². The van der Waals surface area contributed by atoms with Crippen LogP contribution in [0.1, 0.15) is 77.6 Å². The van der Waals surface area contributed by atoms with E-state index in [1.807, 2.05) is 6.92 Å². The molecule has 21 heavy (non-hydrogen) atoms. The molecule has 0 amide bonds. The van der Waals surface area contributed by atoms with E-state index < -0.39 is 0 Å². The molecule has 1 rings (SSSR count). The minimum Gasteiger partial charge on any atom is -0.353 e. The Morgan fingerprint density at radius 1 is 1.05 bits per heavy atom. The van der Waals surface area contributed by atoms with Gasteiger partial charge in [-0.1, -0.05) is 43.8 Å². The van der Waals surface area contributed by atoms with E-state index in [1.165, 1.54) is 51.4 Å². The van der Waals surface area contributed by atoms with Crippen LogP contribution in [0.4, 0.5) is 0 Å². The first-order chi connectivity index (χ1) is 10.4. The van der Waals surface area contributed by atoms with Crippen LogP contribution in [0.5, 0.6) is 0 Å². The highest BCUT2D eigenvalue weighted by Gasteiger charge is 2.13. The second-order valence-corrected chi connectivity index (χ2v) is 5.66. The molecule has 2 heteroatoms. The zero-order valence-electron chi connectivity index (χ0n) is 13.7. The van der Waals surface area contributed by atoms with Crippen LogP contribution in [0.2, 0.25) is 0 Å². The molecule has 1 aliphatic heterocycles. The number of unbranched alkanes of at least 4 members (excludes halogenated alkanes) is 6. The zero-order valence-corrected chi connectivity index (χ0v) is 13.7. The van der Waals surface area contributed by atoms with E-state index in [0.29, 0.717) is 0 Å². The van der Waals surface area contributed by atoms with Crippen molar-refractivity contribution >= 4 is 0 Å². The predicted octanol–water partition coefficient (Wildman–Crippen LogP) is 5.23. The Kier molecular flexibility index (Phi) is 12.3. The lowest BCUT2D eigenvalue weighted by atomic mass is 10.1. The third kappa shape index (κ3) is 11.5. The number of allylic oxidation sites excluding steroid dienone is 2. The maximum absolute atomic E-state index is 5.73. The van der Waals surface area contributed by atoms with Crippen LogP contribution in [0.15, 0.2) is 12.2 Å². The summed E-state index contributed by atoms with van der Waals surface area (Å²) in [6.07, 6.45) is 17.4. The van der Waals surface area contributed by atoms with Crippen molar-refractivity contribution in [3.8, 4) is 11.8 Å². The third-order valence-electron chi connectivity index (χ3n) is 3.72. The van der Waals surface area contributed by atoms with E-state index >= 15 is 0 Å². The summed E-state index contributed by atoms with van der Waals surface area (Å²) in [5, 5.41) is 0. The summed E-state index contributed by atoms with van der Waals surface area (Å²) in [7, 11) is 0. The van der Waals surface area contributed by atoms with Gasteiger partial charge in [0.1, 0.15) is 0 Å². The lowest BCUT2D eigenvalue weighted by Gasteiger charge is -2.22. The topological polar surface area (TPSA) is 18.5 Å². The van der Waals surface area contributed by atoms with Crippen LogP contribution >= 0.6 is 0 Å². The lowest BCUT2D eigenvalue weighted by Crippen LogP contribution is -2.22. The minimum absolute atomic E-state index is 0.0832. The van der Waals surface area contributed by atoms with E-state index in [-0.39, 0.29) is 6.29 Å². The Morgan fingerprint density at radius 3 is 2.62 bits per heavy atom. The summed E-state index contributed by atoms with van der Waals surface area (Å²) in [6.45, 7) is 3.78. The average molecular weight is 292 g/mol. The standard InChI is InChI=1S/C19H32O2/c1-2-3-4-5-6-7-8-9-10-11-12-14-17-20-19-16-13-15-18-21-19/h2-3,19H,4,7-18H2,1H3/b3-2+. The van der Waals surface area contributed by atoms with Gasteiger partial charge < -0.3 is 9.47 Å². The van der Waals surface area contributed by atoms with Crippen molar-refractivity contribution in [3.63, 3.8) is 0 Å². The predicted molar refractivity (Wildman–Crippen MR) is 89.1 cm³/mol. The molecule has 1 unspecified atom stereocenters. The number of hydrogen-bond donors (Lipinski definition) is 0. The molecule has 0 N–H and O–H groups in total. The maximum atomic E-state index is 5.73. The molecule has 0 spiro atoms. The van der Waals surface area contributed by atoms with Crippen molar-refractivity contribution in [2.75, 3.05) is 13.2 Å². The van der Waals surface area contributed by atoms with Gasteiger partial charge in [0, 0.05) is 26.1 Å². The second-order valence-electron chi connectivity index (χ2n) is 5.66. The Balaban J connectivity index is 1.76. The molecule has 1 fully saturated rings. The van der Waals surface area contributed by atoms with Crippen LogP contribution in [-0.4, -0.2) is 19.5 Å². The van der Waals surface area contributed by atoms with Gasteiger partial charge in [-0.05, 0) is 39.0 Å². The first-order valence-corrected chi connectivity index (χ1v) is 8.73. The van der Waals surface area contributed by atoms with E-state index in [4.69, 9.17) is 9.47 Å². The maximum Gasteiger partial charge on any atom is 0.157 e. The molecule has 0 aliphatic carbocycles. The molecule has 1 saturated heterocycles. The Morgan fingerprint density at radius 2 is 1.86 bits per heavy atom. The van der Waals surface area contributed by atoms with Gasteiger partial charge in [-0.2, -0.15) is 0 Å². The fraction of sp³-hybridized carbons (Fsp3) is 0.789. The van der Waals surface area contributed by atoms with Crippen molar-refractivity contribution in [2.45, 2.75) is 83.8 Å².